The Morgan fingerprint density at radius 1 is 1.12 bits per heavy atom. The van der Waals surface area contributed by atoms with Crippen LogP contribution in [-0.2, 0) is 11.2 Å². The standard InChI is InChI=1S/C21H21FN2OS/c1-2-15-5-7-16(8-6-15)21(19-4-3-13-26-19)23-14-20(25)24-18-11-9-17(22)10-12-18/h3-13,21,23H,2,14H2,1H3,(H,24,25)/p+1/t21-/m0/s1. The molecule has 1 aromatic heterocycles. The second-order valence-electron chi connectivity index (χ2n) is 6.08. The molecule has 26 heavy (non-hydrogen) atoms. The van der Waals surface area contributed by atoms with Crippen molar-refractivity contribution in [3.8, 4) is 0 Å². The molecule has 0 saturated heterocycles. The number of quaternary nitrogens is 1. The number of hydrogen-bond acceptors (Lipinski definition) is 2. The van der Waals surface area contributed by atoms with E-state index in [-0.39, 0.29) is 24.3 Å². The predicted octanol–water partition coefficient (Wildman–Crippen LogP) is 3.74. The van der Waals surface area contributed by atoms with E-state index in [1.807, 2.05) is 11.4 Å². The highest BCUT2D eigenvalue weighted by molar-refractivity contribution is 7.10. The van der Waals surface area contributed by atoms with Gasteiger partial charge in [-0.25, -0.2) is 4.39 Å². The molecule has 3 N–H and O–H groups in total. The highest BCUT2D eigenvalue weighted by Crippen LogP contribution is 2.23. The van der Waals surface area contributed by atoms with Gasteiger partial charge in [-0.05, 0) is 47.7 Å². The Morgan fingerprint density at radius 3 is 2.46 bits per heavy atom. The first-order valence-corrected chi connectivity index (χ1v) is 9.54. The largest absolute Gasteiger partial charge is 0.328 e. The molecule has 0 saturated carbocycles. The van der Waals surface area contributed by atoms with Gasteiger partial charge in [0.1, 0.15) is 11.9 Å². The third-order valence-corrected chi connectivity index (χ3v) is 5.22. The molecule has 0 radical (unpaired) electrons. The lowest BCUT2D eigenvalue weighted by Gasteiger charge is -2.15. The average molecular weight is 369 g/mol. The van der Waals surface area contributed by atoms with E-state index >= 15 is 0 Å². The van der Waals surface area contributed by atoms with Crippen LogP contribution >= 0.6 is 11.3 Å². The van der Waals surface area contributed by atoms with Gasteiger partial charge < -0.3 is 10.6 Å². The van der Waals surface area contributed by atoms with Gasteiger partial charge >= 0.3 is 0 Å². The molecule has 5 heteroatoms. The third-order valence-electron chi connectivity index (χ3n) is 4.26. The molecule has 3 aromatic rings. The van der Waals surface area contributed by atoms with Crippen LogP contribution in [0.25, 0.3) is 0 Å². The molecule has 3 rings (SSSR count). The van der Waals surface area contributed by atoms with Crippen molar-refractivity contribution in [3.63, 3.8) is 0 Å². The number of thiophene rings is 1. The number of nitrogens with two attached hydrogens (primary N) is 1. The second-order valence-corrected chi connectivity index (χ2v) is 7.06. The van der Waals surface area contributed by atoms with E-state index in [1.54, 1.807) is 23.5 Å². The Hall–Kier alpha value is -2.50. The van der Waals surface area contributed by atoms with Gasteiger partial charge in [0.25, 0.3) is 5.91 Å². The summed E-state index contributed by atoms with van der Waals surface area (Å²) in [7, 11) is 0. The summed E-state index contributed by atoms with van der Waals surface area (Å²) < 4.78 is 13.0. The Balaban J connectivity index is 1.67. The van der Waals surface area contributed by atoms with Gasteiger partial charge in [0.2, 0.25) is 0 Å². The van der Waals surface area contributed by atoms with E-state index in [0.717, 1.165) is 6.42 Å². The van der Waals surface area contributed by atoms with Gasteiger partial charge in [-0.15, -0.1) is 11.3 Å². The smallest absolute Gasteiger partial charge is 0.279 e. The summed E-state index contributed by atoms with van der Waals surface area (Å²) in [6.07, 6.45) is 1.01. The second kappa shape index (κ2) is 8.74. The molecular formula is C21H22FN2OS+. The van der Waals surface area contributed by atoms with Crippen molar-refractivity contribution in [1.29, 1.82) is 0 Å². The van der Waals surface area contributed by atoms with Gasteiger partial charge in [0.05, 0.1) is 4.88 Å². The molecule has 0 fully saturated rings. The zero-order chi connectivity index (χ0) is 18.4. The summed E-state index contributed by atoms with van der Waals surface area (Å²) in [4.78, 5) is 13.5. The minimum absolute atomic E-state index is 0.0832. The molecule has 0 aliphatic carbocycles. The molecule has 3 nitrogen and oxygen atoms in total. The summed E-state index contributed by atoms with van der Waals surface area (Å²) >= 11 is 1.69. The van der Waals surface area contributed by atoms with Crippen LogP contribution in [-0.4, -0.2) is 12.5 Å². The van der Waals surface area contributed by atoms with Crippen molar-refractivity contribution in [1.82, 2.24) is 0 Å². The number of carbonyl (C=O) groups is 1. The zero-order valence-corrected chi connectivity index (χ0v) is 15.4. The molecule has 0 aliphatic heterocycles. The first-order valence-electron chi connectivity index (χ1n) is 8.66. The maximum absolute atomic E-state index is 13.0. The maximum Gasteiger partial charge on any atom is 0.279 e. The molecule has 1 atom stereocenters. The highest BCUT2D eigenvalue weighted by atomic mass is 32.1. The van der Waals surface area contributed by atoms with Crippen LogP contribution in [0.15, 0.2) is 66.0 Å². The van der Waals surface area contributed by atoms with Crippen LogP contribution in [0.1, 0.15) is 29.0 Å². The molecule has 134 valence electrons. The molecule has 0 bridgehead atoms. The minimum Gasteiger partial charge on any atom is -0.328 e. The van der Waals surface area contributed by atoms with E-state index in [4.69, 9.17) is 0 Å². The molecular weight excluding hydrogens is 347 g/mol. The van der Waals surface area contributed by atoms with Gasteiger partial charge in [-0.2, -0.15) is 0 Å². The van der Waals surface area contributed by atoms with Crippen molar-refractivity contribution in [2.45, 2.75) is 19.4 Å². The van der Waals surface area contributed by atoms with Crippen LogP contribution in [0.2, 0.25) is 0 Å². The van der Waals surface area contributed by atoms with Crippen molar-refractivity contribution >= 4 is 22.9 Å². The Bertz CT molecular complexity index is 829. The molecule has 2 aromatic carbocycles. The maximum atomic E-state index is 13.0. The van der Waals surface area contributed by atoms with Crippen molar-refractivity contribution in [2.75, 3.05) is 11.9 Å². The SMILES string of the molecule is CCc1ccc([C@H]([NH2+]CC(=O)Nc2ccc(F)cc2)c2cccs2)cc1. The summed E-state index contributed by atoms with van der Waals surface area (Å²) in [6.45, 7) is 2.42. The highest BCUT2D eigenvalue weighted by Gasteiger charge is 2.20. The van der Waals surface area contributed by atoms with Crippen LogP contribution in [0.4, 0.5) is 10.1 Å². The van der Waals surface area contributed by atoms with Gasteiger partial charge in [0.15, 0.2) is 6.54 Å². The number of halogens is 1. The molecule has 1 heterocycles. The topological polar surface area (TPSA) is 45.7 Å². The number of rotatable bonds is 7. The van der Waals surface area contributed by atoms with Gasteiger partial charge in [-0.3, -0.25) is 4.79 Å². The van der Waals surface area contributed by atoms with E-state index in [1.165, 1.54) is 28.1 Å². The molecule has 0 spiro atoms. The van der Waals surface area contributed by atoms with E-state index in [9.17, 15) is 9.18 Å². The van der Waals surface area contributed by atoms with Gasteiger partial charge in [0, 0.05) is 11.3 Å². The molecule has 1 amide bonds. The van der Waals surface area contributed by atoms with Crippen molar-refractivity contribution in [2.24, 2.45) is 0 Å². The number of hydrogen-bond donors (Lipinski definition) is 2. The lowest BCUT2D eigenvalue weighted by molar-refractivity contribution is -0.675. The lowest BCUT2D eigenvalue weighted by atomic mass is 10.0. The Kier molecular flexibility index (Phi) is 6.15. The fourth-order valence-corrected chi connectivity index (χ4v) is 3.67. The van der Waals surface area contributed by atoms with Crippen LogP contribution in [0.5, 0.6) is 0 Å². The predicted molar refractivity (Wildman–Crippen MR) is 104 cm³/mol. The first-order chi connectivity index (χ1) is 12.7. The monoisotopic (exact) mass is 369 g/mol. The van der Waals surface area contributed by atoms with E-state index in [2.05, 4.69) is 48.0 Å². The van der Waals surface area contributed by atoms with Crippen molar-refractivity contribution < 1.29 is 14.5 Å². The number of benzene rings is 2. The zero-order valence-electron chi connectivity index (χ0n) is 14.6. The number of carbonyl (C=O) groups excluding carboxylic acids is 1. The minimum atomic E-state index is -0.317. The van der Waals surface area contributed by atoms with E-state index in [0.29, 0.717) is 5.69 Å². The Labute approximate surface area is 156 Å². The van der Waals surface area contributed by atoms with Crippen LogP contribution in [0, 0.1) is 5.82 Å². The summed E-state index contributed by atoms with van der Waals surface area (Å²) in [5, 5.41) is 6.89. The molecule has 0 aliphatic rings. The fraction of sp³-hybridized carbons (Fsp3) is 0.190. The van der Waals surface area contributed by atoms with Crippen LogP contribution in [0.3, 0.4) is 0 Å². The lowest BCUT2D eigenvalue weighted by Crippen LogP contribution is -2.87. The summed E-state index contributed by atoms with van der Waals surface area (Å²) in [6, 6.07) is 18.6. The number of nitrogens with one attached hydrogen (secondary N) is 1. The Morgan fingerprint density at radius 2 is 1.85 bits per heavy atom. The summed E-state index contributed by atoms with van der Waals surface area (Å²) in [5.74, 6) is -0.425. The number of aryl methyl sites for hydroxylation is 1. The average Bonchev–Trinajstić information content (AvgIpc) is 3.19. The number of anilines is 1. The normalized spacial score (nSPS) is 11.9. The first kappa shape index (κ1) is 18.3. The van der Waals surface area contributed by atoms with E-state index < -0.39 is 0 Å². The van der Waals surface area contributed by atoms with Gasteiger partial charge in [-0.1, -0.05) is 37.3 Å². The van der Waals surface area contributed by atoms with Crippen molar-refractivity contribution in [3.05, 3.63) is 87.9 Å². The quantitative estimate of drug-likeness (QED) is 0.655. The fourth-order valence-electron chi connectivity index (χ4n) is 2.82. The molecule has 0 unspecified atom stereocenters. The van der Waals surface area contributed by atoms with Crippen LogP contribution < -0.4 is 10.6 Å². The third kappa shape index (κ3) is 4.77. The number of amides is 1. The summed E-state index contributed by atoms with van der Waals surface area (Å²) in [5.41, 5.74) is 3.08.